The highest BCUT2D eigenvalue weighted by Gasteiger charge is 2.40. The summed E-state index contributed by atoms with van der Waals surface area (Å²) in [6.45, 7) is 0. The van der Waals surface area contributed by atoms with Crippen LogP contribution < -0.4 is 0 Å². The van der Waals surface area contributed by atoms with Gasteiger partial charge in [0.05, 0.1) is 0 Å². The van der Waals surface area contributed by atoms with Crippen molar-refractivity contribution in [3.8, 4) is 0 Å². The Kier molecular flexibility index (Phi) is 4.20. The molecule has 0 unspecified atom stereocenters. The Hall–Kier alpha value is -0.970. The maximum atomic E-state index is 12.4. The van der Waals surface area contributed by atoms with Crippen LogP contribution in [0.5, 0.6) is 0 Å². The predicted octanol–water partition coefficient (Wildman–Crippen LogP) is 4.25. The molecular weight excluding hydrogens is 228 g/mol. The largest absolute Gasteiger partial charge is 0.357 e. The van der Waals surface area contributed by atoms with Gasteiger partial charge in [-0.25, -0.2) is 8.78 Å². The van der Waals surface area contributed by atoms with E-state index in [-0.39, 0.29) is 11.8 Å². The molecule has 0 amide bonds. The zero-order chi connectivity index (χ0) is 11.3. The van der Waals surface area contributed by atoms with E-state index in [2.05, 4.69) is 0 Å². The molecule has 5 heteroatoms. The van der Waals surface area contributed by atoms with Crippen LogP contribution in [0.15, 0.2) is 35.7 Å². The standard InChI is InChI=1S/C10H8F4S/c11-9(12)10(13,14)15-7-6-8-4-2-1-3-5-8/h1-7,9H. The van der Waals surface area contributed by atoms with Crippen LogP contribution in [-0.2, 0) is 0 Å². The number of benzene rings is 1. The monoisotopic (exact) mass is 236 g/mol. The summed E-state index contributed by atoms with van der Waals surface area (Å²) in [5.74, 6) is 0. The maximum Gasteiger partial charge on any atom is 0.357 e. The van der Waals surface area contributed by atoms with Gasteiger partial charge in [0.15, 0.2) is 0 Å². The number of alkyl halides is 4. The molecule has 0 spiro atoms. The van der Waals surface area contributed by atoms with Gasteiger partial charge in [0, 0.05) is 0 Å². The molecule has 0 atom stereocenters. The Morgan fingerprint density at radius 3 is 2.27 bits per heavy atom. The topological polar surface area (TPSA) is 0 Å². The van der Waals surface area contributed by atoms with Crippen molar-refractivity contribution >= 4 is 17.8 Å². The number of hydrogen-bond acceptors (Lipinski definition) is 1. The Balaban J connectivity index is 2.54. The number of thioether (sulfide) groups is 1. The molecule has 0 saturated heterocycles. The van der Waals surface area contributed by atoms with Gasteiger partial charge in [-0.05, 0) is 17.0 Å². The molecule has 1 aromatic rings. The molecular formula is C10H8F4S. The first-order valence-corrected chi connectivity index (χ1v) is 4.96. The van der Waals surface area contributed by atoms with Crippen molar-refractivity contribution in [3.63, 3.8) is 0 Å². The molecule has 0 saturated carbocycles. The van der Waals surface area contributed by atoms with Gasteiger partial charge in [-0.2, -0.15) is 8.78 Å². The van der Waals surface area contributed by atoms with Gasteiger partial charge in [-0.15, -0.1) is 0 Å². The average Bonchev–Trinajstić information content (AvgIpc) is 2.19. The molecule has 0 nitrogen and oxygen atoms in total. The van der Waals surface area contributed by atoms with Crippen molar-refractivity contribution in [3.05, 3.63) is 41.3 Å². The van der Waals surface area contributed by atoms with E-state index in [0.717, 1.165) is 5.41 Å². The van der Waals surface area contributed by atoms with Gasteiger partial charge in [0.2, 0.25) is 0 Å². The maximum absolute atomic E-state index is 12.4. The van der Waals surface area contributed by atoms with Crippen molar-refractivity contribution in [2.24, 2.45) is 0 Å². The van der Waals surface area contributed by atoms with Crippen LogP contribution >= 0.6 is 11.8 Å². The molecule has 15 heavy (non-hydrogen) atoms. The molecule has 0 N–H and O–H groups in total. The van der Waals surface area contributed by atoms with Crippen LogP contribution in [0, 0.1) is 0 Å². The van der Waals surface area contributed by atoms with Gasteiger partial charge in [-0.1, -0.05) is 42.1 Å². The molecule has 0 aliphatic rings. The SMILES string of the molecule is FC(F)C(F)(F)SC=Cc1ccccc1. The lowest BCUT2D eigenvalue weighted by Crippen LogP contribution is -2.20. The van der Waals surface area contributed by atoms with Crippen LogP contribution in [0.25, 0.3) is 6.08 Å². The summed E-state index contributed by atoms with van der Waals surface area (Å²) >= 11 is -0.182. The second-order valence-corrected chi connectivity index (χ2v) is 3.75. The van der Waals surface area contributed by atoms with Crippen molar-refractivity contribution in [1.82, 2.24) is 0 Å². The first kappa shape index (κ1) is 12.1. The summed E-state index contributed by atoms with van der Waals surface area (Å²) in [4.78, 5) is 0. The van der Waals surface area contributed by atoms with Crippen molar-refractivity contribution in [2.45, 2.75) is 11.7 Å². The van der Waals surface area contributed by atoms with Gasteiger partial charge in [0.1, 0.15) is 0 Å². The van der Waals surface area contributed by atoms with E-state index in [1.165, 1.54) is 6.08 Å². The lowest BCUT2D eigenvalue weighted by Gasteiger charge is -2.10. The van der Waals surface area contributed by atoms with Gasteiger partial charge in [-0.3, -0.25) is 0 Å². The van der Waals surface area contributed by atoms with Crippen molar-refractivity contribution < 1.29 is 17.6 Å². The average molecular weight is 236 g/mol. The van der Waals surface area contributed by atoms with E-state index in [9.17, 15) is 17.6 Å². The summed E-state index contributed by atoms with van der Waals surface area (Å²) in [5, 5.41) is -3.05. The third-order valence-electron chi connectivity index (χ3n) is 1.54. The number of rotatable bonds is 4. The first-order valence-electron chi connectivity index (χ1n) is 4.08. The van der Waals surface area contributed by atoms with E-state index in [1.807, 2.05) is 0 Å². The van der Waals surface area contributed by atoms with E-state index < -0.39 is 11.7 Å². The minimum absolute atomic E-state index is 0.182. The molecule has 0 radical (unpaired) electrons. The number of halogens is 4. The minimum atomic E-state index is -4.02. The zero-order valence-corrected chi connectivity index (χ0v) is 8.36. The third-order valence-corrected chi connectivity index (χ3v) is 2.30. The zero-order valence-electron chi connectivity index (χ0n) is 7.54. The van der Waals surface area contributed by atoms with Crippen LogP contribution in [0.4, 0.5) is 17.6 Å². The Bertz CT molecular complexity index is 321. The molecule has 1 rings (SSSR count). The first-order chi connectivity index (χ1) is 7.02. The van der Waals surface area contributed by atoms with E-state index in [0.29, 0.717) is 5.56 Å². The smallest absolute Gasteiger partial charge is 0.202 e. The molecule has 0 aromatic heterocycles. The highest BCUT2D eigenvalue weighted by Crippen LogP contribution is 2.36. The molecule has 82 valence electrons. The van der Waals surface area contributed by atoms with E-state index in [1.54, 1.807) is 30.3 Å². The Morgan fingerprint density at radius 2 is 1.73 bits per heavy atom. The third kappa shape index (κ3) is 3.95. The van der Waals surface area contributed by atoms with Crippen LogP contribution in [0.2, 0.25) is 0 Å². The quantitative estimate of drug-likeness (QED) is 0.704. The highest BCUT2D eigenvalue weighted by molar-refractivity contribution is 8.03. The Labute approximate surface area is 89.0 Å². The van der Waals surface area contributed by atoms with Gasteiger partial charge in [0.25, 0.3) is 0 Å². The summed E-state index contributed by atoms with van der Waals surface area (Å²) in [6.07, 6.45) is -2.29. The van der Waals surface area contributed by atoms with Crippen molar-refractivity contribution in [1.29, 1.82) is 0 Å². The van der Waals surface area contributed by atoms with Gasteiger partial charge < -0.3 is 0 Å². The molecule has 0 bridgehead atoms. The van der Waals surface area contributed by atoms with E-state index in [4.69, 9.17) is 0 Å². The van der Waals surface area contributed by atoms with Crippen molar-refractivity contribution in [2.75, 3.05) is 0 Å². The molecule has 0 heterocycles. The summed E-state index contributed by atoms with van der Waals surface area (Å²) in [6, 6.07) is 8.62. The second-order valence-electron chi connectivity index (χ2n) is 2.69. The number of hydrogen-bond donors (Lipinski definition) is 0. The minimum Gasteiger partial charge on any atom is -0.202 e. The van der Waals surface area contributed by atoms with E-state index >= 15 is 0 Å². The van der Waals surface area contributed by atoms with Crippen LogP contribution in [0.3, 0.4) is 0 Å². The second kappa shape index (κ2) is 5.21. The fourth-order valence-corrected chi connectivity index (χ4v) is 1.33. The molecule has 1 aromatic carbocycles. The summed E-state index contributed by atoms with van der Waals surface area (Å²) < 4.78 is 48.3. The fraction of sp³-hybridized carbons (Fsp3) is 0.200. The predicted molar refractivity (Wildman–Crippen MR) is 54.0 cm³/mol. The normalized spacial score (nSPS) is 12.6. The molecule has 0 aliphatic carbocycles. The van der Waals surface area contributed by atoms with Gasteiger partial charge >= 0.3 is 11.7 Å². The molecule has 0 aliphatic heterocycles. The lowest BCUT2D eigenvalue weighted by molar-refractivity contribution is -0.0557. The molecule has 0 fully saturated rings. The fourth-order valence-electron chi connectivity index (χ4n) is 0.819. The lowest BCUT2D eigenvalue weighted by atomic mass is 10.2. The Morgan fingerprint density at radius 1 is 1.13 bits per heavy atom. The van der Waals surface area contributed by atoms with Crippen LogP contribution in [-0.4, -0.2) is 11.7 Å². The van der Waals surface area contributed by atoms with Crippen LogP contribution in [0.1, 0.15) is 5.56 Å². The summed E-state index contributed by atoms with van der Waals surface area (Å²) in [7, 11) is 0. The highest BCUT2D eigenvalue weighted by atomic mass is 32.2. The summed E-state index contributed by atoms with van der Waals surface area (Å²) in [5.41, 5.74) is 0.690.